The normalized spacial score (nSPS) is 55.5. The highest BCUT2D eigenvalue weighted by atomic mass is 16.7. The van der Waals surface area contributed by atoms with Crippen LogP contribution in [0.2, 0.25) is 0 Å². The predicted octanol–water partition coefficient (Wildman–Crippen LogP) is 2.22. The van der Waals surface area contributed by atoms with Crippen LogP contribution in [0.3, 0.4) is 0 Å². The first kappa shape index (κ1) is 40.5. The molecule has 7 fully saturated rings. The molecule has 0 radical (unpaired) electrons. The zero-order valence-electron chi connectivity index (χ0n) is 32.9. The molecule has 0 amide bonds. The van der Waals surface area contributed by atoms with Crippen LogP contribution in [0, 0.1) is 34.5 Å². The zero-order chi connectivity index (χ0) is 39.2. The molecule has 0 aromatic rings. The number of hydrogen-bond donors (Lipinski definition) is 6. The monoisotopic (exact) mass is 780 g/mol. The van der Waals surface area contributed by atoms with E-state index in [2.05, 4.69) is 13.8 Å². The molecule has 4 aliphatic heterocycles. The average molecular weight is 781 g/mol. The quantitative estimate of drug-likeness (QED) is 0.162. The molecule has 0 spiro atoms. The second-order valence-corrected chi connectivity index (χ2v) is 18.9. The Morgan fingerprint density at radius 3 is 1.87 bits per heavy atom. The van der Waals surface area contributed by atoms with Crippen LogP contribution in [0.1, 0.15) is 105 Å². The van der Waals surface area contributed by atoms with Gasteiger partial charge in [-0.2, -0.15) is 0 Å². The van der Waals surface area contributed by atoms with Crippen molar-refractivity contribution in [3.05, 3.63) is 11.6 Å². The summed E-state index contributed by atoms with van der Waals surface area (Å²) in [7, 11) is 0. The molecule has 4 saturated carbocycles. The van der Waals surface area contributed by atoms with Gasteiger partial charge in [-0.3, -0.25) is 0 Å². The summed E-state index contributed by atoms with van der Waals surface area (Å²) in [5.74, 6) is 0.174. The lowest BCUT2D eigenvalue weighted by Crippen LogP contribution is -2.62. The summed E-state index contributed by atoms with van der Waals surface area (Å²) in [6.07, 6.45) is -1.26. The molecule has 0 aromatic heterocycles. The van der Waals surface area contributed by atoms with Crippen molar-refractivity contribution in [2.75, 3.05) is 6.61 Å². The minimum absolute atomic E-state index is 0.0203. The number of cyclic esters (lactones) is 1. The minimum Gasteiger partial charge on any atom is -0.458 e. The first-order valence-corrected chi connectivity index (χ1v) is 20.9. The third-order valence-corrected chi connectivity index (χ3v) is 15.8. The molecule has 6 N–H and O–H groups in total. The molecule has 55 heavy (non-hydrogen) atoms. The van der Waals surface area contributed by atoms with Crippen LogP contribution in [0.5, 0.6) is 0 Å². The average Bonchev–Trinajstić information content (AvgIpc) is 3.62. The van der Waals surface area contributed by atoms with Crippen LogP contribution < -0.4 is 0 Å². The minimum atomic E-state index is -1.01. The Labute approximate surface area is 323 Å². The number of aliphatic hydroxyl groups excluding tert-OH is 5. The van der Waals surface area contributed by atoms with Crippen molar-refractivity contribution in [3.8, 4) is 0 Å². The summed E-state index contributed by atoms with van der Waals surface area (Å²) in [4.78, 5) is 12.0. The van der Waals surface area contributed by atoms with E-state index in [4.69, 9.17) is 33.2 Å². The van der Waals surface area contributed by atoms with Gasteiger partial charge in [-0.25, -0.2) is 4.79 Å². The Bertz CT molecular complexity index is 1410. The van der Waals surface area contributed by atoms with Crippen molar-refractivity contribution in [2.24, 2.45) is 34.5 Å². The molecule has 0 aromatic carbocycles. The number of carbonyl (C=O) groups excluding carboxylic acids is 1. The summed E-state index contributed by atoms with van der Waals surface area (Å²) in [5.41, 5.74) is -0.686. The Balaban J connectivity index is 0.834. The van der Waals surface area contributed by atoms with Gasteiger partial charge in [0.2, 0.25) is 0 Å². The fourth-order valence-electron chi connectivity index (χ4n) is 12.9. The van der Waals surface area contributed by atoms with Crippen LogP contribution >= 0.6 is 0 Å². The van der Waals surface area contributed by atoms with E-state index >= 15 is 0 Å². The van der Waals surface area contributed by atoms with Gasteiger partial charge >= 0.3 is 5.97 Å². The fourth-order valence-corrected chi connectivity index (χ4v) is 12.9. The van der Waals surface area contributed by atoms with Gasteiger partial charge in [0, 0.05) is 43.1 Å². The Kier molecular flexibility index (Phi) is 11.1. The molecular formula is C41H64O14. The number of rotatable bonds is 7. The molecular weight excluding hydrogens is 716 g/mol. The molecule has 4 aliphatic carbocycles. The van der Waals surface area contributed by atoms with E-state index in [0.717, 1.165) is 50.5 Å². The summed E-state index contributed by atoms with van der Waals surface area (Å²) in [6.45, 7) is 9.98. The van der Waals surface area contributed by atoms with Crippen molar-refractivity contribution in [2.45, 2.75) is 197 Å². The first-order chi connectivity index (χ1) is 26.0. The van der Waals surface area contributed by atoms with E-state index in [0.29, 0.717) is 18.3 Å². The largest absolute Gasteiger partial charge is 0.458 e. The number of esters is 1. The highest BCUT2D eigenvalue weighted by molar-refractivity contribution is 5.85. The number of aliphatic hydroxyl groups is 6. The maximum atomic E-state index is 12.6. The molecule has 0 unspecified atom stereocenters. The van der Waals surface area contributed by atoms with E-state index in [1.54, 1.807) is 13.8 Å². The molecule has 3 saturated heterocycles. The maximum Gasteiger partial charge on any atom is 0.331 e. The molecule has 8 rings (SSSR count). The first-order valence-electron chi connectivity index (χ1n) is 20.9. The summed E-state index contributed by atoms with van der Waals surface area (Å²) in [6, 6.07) is 0. The van der Waals surface area contributed by atoms with E-state index in [-0.39, 0.29) is 55.2 Å². The number of ether oxygens (including phenoxy) is 7. The molecule has 312 valence electrons. The maximum absolute atomic E-state index is 12.6. The molecule has 8 aliphatic rings. The van der Waals surface area contributed by atoms with Crippen LogP contribution in [-0.4, -0.2) is 135 Å². The van der Waals surface area contributed by atoms with Crippen LogP contribution in [-0.2, 0) is 38.0 Å². The van der Waals surface area contributed by atoms with Crippen molar-refractivity contribution < 1.29 is 68.6 Å². The summed E-state index contributed by atoms with van der Waals surface area (Å²) < 4.78 is 42.1. The van der Waals surface area contributed by atoms with Crippen LogP contribution in [0.4, 0.5) is 0 Å². The highest BCUT2D eigenvalue weighted by Gasteiger charge is 2.70. The Morgan fingerprint density at radius 2 is 1.29 bits per heavy atom. The smallest absolute Gasteiger partial charge is 0.331 e. The SMILES string of the molecule is C[C@@H]1O[C@@H](O[C@H]2[C@H](O)C[C@H](O[C@H]3CC[C@@]4(C)[C@H](CC[C@@H]5[C@@H]4CC[C@]4(C)[C@@H](C6=CC(=O)OC6)[C@H](O)C[C@@]54O)C3)O[C@@H]2C)C[C@@H](O)[C@H]1O[C@@H]1C[C@@H](O)[C@H](O)[C@@H](C)O1. The lowest BCUT2D eigenvalue weighted by atomic mass is 9.43. The van der Waals surface area contributed by atoms with Gasteiger partial charge in [-0.05, 0) is 94.5 Å². The van der Waals surface area contributed by atoms with Gasteiger partial charge in [0.15, 0.2) is 18.9 Å². The molecule has 14 heteroatoms. The van der Waals surface area contributed by atoms with Gasteiger partial charge in [0.25, 0.3) is 0 Å². The van der Waals surface area contributed by atoms with Gasteiger partial charge in [0.1, 0.15) is 24.9 Å². The molecule has 21 atom stereocenters. The van der Waals surface area contributed by atoms with Gasteiger partial charge in [-0.15, -0.1) is 0 Å². The van der Waals surface area contributed by atoms with Gasteiger partial charge in [0.05, 0.1) is 54.4 Å². The second-order valence-electron chi connectivity index (χ2n) is 18.9. The van der Waals surface area contributed by atoms with E-state index < -0.39 is 90.9 Å². The zero-order valence-corrected chi connectivity index (χ0v) is 32.9. The van der Waals surface area contributed by atoms with Crippen molar-refractivity contribution in [3.63, 3.8) is 0 Å². The number of carbonyl (C=O) groups is 1. The Hall–Kier alpha value is -1.27. The van der Waals surface area contributed by atoms with E-state index in [1.807, 2.05) is 6.92 Å². The second kappa shape index (κ2) is 15.1. The van der Waals surface area contributed by atoms with Crippen LogP contribution in [0.15, 0.2) is 11.6 Å². The summed E-state index contributed by atoms with van der Waals surface area (Å²) >= 11 is 0. The van der Waals surface area contributed by atoms with E-state index in [1.165, 1.54) is 6.08 Å². The van der Waals surface area contributed by atoms with Gasteiger partial charge < -0.3 is 63.8 Å². The molecule has 0 bridgehead atoms. The standard InChI is InChI=1S/C41H64O14/c1-19-36(47)27(42)14-33(50-19)54-38-21(3)52-34(16-29(38)44)55-37-20(2)51-32(15-28(37)43)53-24-8-10-39(4)23(13-24)6-7-26-25(39)9-11-40(5)35(22-12-31(46)49-18-22)30(45)17-41(26,40)48/h12,19-21,23-30,32-38,42-45,47-48H,6-11,13-18H2,1-5H3/t19-,20-,21+,23-,24+,25+,26-,27-,28-,29-,30-,32+,33-,34+,35+,36-,37-,38+,39+,40-,41-/m1/s1. The van der Waals surface area contributed by atoms with E-state index in [9.17, 15) is 35.4 Å². The topological polar surface area (TPSA) is 203 Å². The van der Waals surface area contributed by atoms with Gasteiger partial charge in [-0.1, -0.05) is 13.8 Å². The van der Waals surface area contributed by atoms with Crippen molar-refractivity contribution in [1.29, 1.82) is 0 Å². The lowest BCUT2D eigenvalue weighted by Gasteiger charge is -2.63. The Morgan fingerprint density at radius 1 is 0.691 bits per heavy atom. The van der Waals surface area contributed by atoms with Crippen molar-refractivity contribution in [1.82, 2.24) is 0 Å². The lowest BCUT2D eigenvalue weighted by molar-refractivity contribution is -0.336. The van der Waals surface area contributed by atoms with Crippen LogP contribution in [0.25, 0.3) is 0 Å². The predicted molar refractivity (Wildman–Crippen MR) is 193 cm³/mol. The third-order valence-electron chi connectivity index (χ3n) is 15.8. The highest BCUT2D eigenvalue weighted by Crippen LogP contribution is 2.70. The third kappa shape index (κ3) is 7.05. The number of fused-ring (bicyclic) bond motifs is 5. The molecule has 14 nitrogen and oxygen atoms in total. The summed E-state index contributed by atoms with van der Waals surface area (Å²) in [5, 5.41) is 66.3. The van der Waals surface area contributed by atoms with Crippen molar-refractivity contribution >= 4 is 5.97 Å². The fraction of sp³-hybridized carbons (Fsp3) is 0.927. The number of hydrogen-bond acceptors (Lipinski definition) is 14. The molecule has 4 heterocycles.